The van der Waals surface area contributed by atoms with Gasteiger partial charge in [-0.3, -0.25) is 0 Å². The highest BCUT2D eigenvalue weighted by atomic mass is 16.7. The quantitative estimate of drug-likeness (QED) is 0.655. The van der Waals surface area contributed by atoms with Gasteiger partial charge in [-0.25, -0.2) is 4.79 Å². The molecule has 1 aliphatic rings. The summed E-state index contributed by atoms with van der Waals surface area (Å²) in [5, 5.41) is 33.2. The zero-order valence-electron chi connectivity index (χ0n) is 13.5. The Morgan fingerprint density at radius 3 is 2.65 bits per heavy atom. The van der Waals surface area contributed by atoms with Crippen LogP contribution in [0.2, 0.25) is 0 Å². The van der Waals surface area contributed by atoms with Gasteiger partial charge in [-0.1, -0.05) is 11.2 Å². The van der Waals surface area contributed by atoms with E-state index >= 15 is 0 Å². The van der Waals surface area contributed by atoms with Gasteiger partial charge in [-0.2, -0.15) is 0 Å². The highest BCUT2D eigenvalue weighted by Gasteiger charge is 2.27. The van der Waals surface area contributed by atoms with Crippen LogP contribution in [0.4, 0.5) is 0 Å². The molecule has 1 aromatic heterocycles. The van der Waals surface area contributed by atoms with E-state index in [9.17, 15) is 20.1 Å². The largest absolute Gasteiger partial charge is 0.508 e. The normalized spacial score (nSPS) is 12.3. The van der Waals surface area contributed by atoms with Crippen molar-refractivity contribution >= 4 is 5.97 Å². The Hall–Kier alpha value is -3.68. The number of phenolic OH excluding ortho intramolecular Hbond substituents is 2. The molecular formula is C18H13NO7. The molecule has 0 spiro atoms. The summed E-state index contributed by atoms with van der Waals surface area (Å²) < 4.78 is 15.9. The van der Waals surface area contributed by atoms with Crippen molar-refractivity contribution in [3.8, 4) is 45.4 Å². The van der Waals surface area contributed by atoms with E-state index < -0.39 is 5.97 Å². The van der Waals surface area contributed by atoms with Gasteiger partial charge in [-0.15, -0.1) is 0 Å². The van der Waals surface area contributed by atoms with Gasteiger partial charge in [-0.05, 0) is 36.8 Å². The van der Waals surface area contributed by atoms with Gasteiger partial charge in [0.2, 0.25) is 6.79 Å². The second-order valence-electron chi connectivity index (χ2n) is 5.71. The predicted molar refractivity (Wildman–Crippen MR) is 88.5 cm³/mol. The van der Waals surface area contributed by atoms with Crippen molar-refractivity contribution < 1.29 is 34.1 Å². The minimum absolute atomic E-state index is 0.0712. The molecule has 0 saturated carbocycles. The van der Waals surface area contributed by atoms with Gasteiger partial charge in [0.15, 0.2) is 23.0 Å². The molecule has 0 radical (unpaired) electrons. The van der Waals surface area contributed by atoms with Gasteiger partial charge >= 0.3 is 5.97 Å². The SMILES string of the molecule is Cc1c(O)ccc(-c2onc(C(=O)O)c2-c2ccc3c(c2)OCO3)c1O. The van der Waals surface area contributed by atoms with Crippen molar-refractivity contribution in [1.82, 2.24) is 5.16 Å². The summed E-state index contributed by atoms with van der Waals surface area (Å²) in [6, 6.07) is 7.74. The van der Waals surface area contributed by atoms with Crippen LogP contribution in [0.15, 0.2) is 34.9 Å². The maximum Gasteiger partial charge on any atom is 0.358 e. The van der Waals surface area contributed by atoms with E-state index in [1.165, 1.54) is 19.1 Å². The fourth-order valence-corrected chi connectivity index (χ4v) is 2.81. The summed E-state index contributed by atoms with van der Waals surface area (Å²) in [7, 11) is 0. The van der Waals surface area contributed by atoms with Crippen LogP contribution in [0.5, 0.6) is 23.0 Å². The molecule has 3 aromatic rings. The molecule has 2 heterocycles. The van der Waals surface area contributed by atoms with E-state index in [1.807, 2.05) is 0 Å². The van der Waals surface area contributed by atoms with E-state index in [2.05, 4.69) is 5.16 Å². The summed E-state index contributed by atoms with van der Waals surface area (Å²) in [5.41, 5.74) is 0.827. The van der Waals surface area contributed by atoms with Crippen LogP contribution in [0.3, 0.4) is 0 Å². The fraction of sp³-hybridized carbons (Fsp3) is 0.111. The average Bonchev–Trinajstić information content (AvgIpc) is 3.25. The third-order valence-electron chi connectivity index (χ3n) is 4.20. The molecule has 8 heteroatoms. The van der Waals surface area contributed by atoms with E-state index in [1.54, 1.807) is 18.2 Å². The molecule has 8 nitrogen and oxygen atoms in total. The summed E-state index contributed by atoms with van der Waals surface area (Å²) in [5.74, 6) is -0.498. The third-order valence-corrected chi connectivity index (χ3v) is 4.20. The molecule has 132 valence electrons. The number of aromatic carboxylic acids is 1. The number of hydrogen-bond acceptors (Lipinski definition) is 7. The molecule has 0 aliphatic carbocycles. The van der Waals surface area contributed by atoms with Gasteiger partial charge in [0.05, 0.1) is 11.1 Å². The number of benzene rings is 2. The lowest BCUT2D eigenvalue weighted by Crippen LogP contribution is -1.99. The number of carbonyl (C=O) groups is 1. The van der Waals surface area contributed by atoms with E-state index in [-0.39, 0.29) is 46.4 Å². The van der Waals surface area contributed by atoms with Crippen molar-refractivity contribution in [2.45, 2.75) is 6.92 Å². The standard InChI is InChI=1S/C18H13NO7/c1-8-11(20)4-3-10(16(8)21)17-14(15(18(22)23)19-26-17)9-2-5-12-13(6-9)25-7-24-12/h2-6,20-21H,7H2,1H3,(H,22,23). The van der Waals surface area contributed by atoms with E-state index in [0.29, 0.717) is 17.1 Å². The fourth-order valence-electron chi connectivity index (χ4n) is 2.81. The van der Waals surface area contributed by atoms with Crippen LogP contribution >= 0.6 is 0 Å². The Morgan fingerprint density at radius 2 is 1.88 bits per heavy atom. The lowest BCUT2D eigenvalue weighted by atomic mass is 9.97. The van der Waals surface area contributed by atoms with E-state index in [4.69, 9.17) is 14.0 Å². The molecule has 26 heavy (non-hydrogen) atoms. The minimum Gasteiger partial charge on any atom is -0.508 e. The summed E-state index contributed by atoms with van der Waals surface area (Å²) >= 11 is 0. The molecule has 1 aliphatic heterocycles. The lowest BCUT2D eigenvalue weighted by Gasteiger charge is -2.09. The zero-order chi connectivity index (χ0) is 18.4. The van der Waals surface area contributed by atoms with Gasteiger partial charge in [0, 0.05) is 5.56 Å². The predicted octanol–water partition coefficient (Wildman–Crippen LogP) is 3.16. The summed E-state index contributed by atoms with van der Waals surface area (Å²) in [6.07, 6.45) is 0. The van der Waals surface area contributed by atoms with Crippen LogP contribution in [0, 0.1) is 6.92 Å². The van der Waals surface area contributed by atoms with Crippen LogP contribution in [-0.4, -0.2) is 33.2 Å². The van der Waals surface area contributed by atoms with Crippen molar-refractivity contribution in [2.75, 3.05) is 6.79 Å². The monoisotopic (exact) mass is 355 g/mol. The number of fused-ring (bicyclic) bond motifs is 1. The average molecular weight is 355 g/mol. The maximum atomic E-state index is 11.6. The molecular weight excluding hydrogens is 342 g/mol. The van der Waals surface area contributed by atoms with Crippen molar-refractivity contribution in [3.05, 3.63) is 41.6 Å². The molecule has 0 bridgehead atoms. The molecule has 0 atom stereocenters. The number of nitrogens with zero attached hydrogens (tertiary/aromatic N) is 1. The molecule has 0 unspecified atom stereocenters. The summed E-state index contributed by atoms with van der Waals surface area (Å²) in [6.45, 7) is 1.61. The van der Waals surface area contributed by atoms with E-state index in [0.717, 1.165) is 0 Å². The first-order valence-corrected chi connectivity index (χ1v) is 7.62. The highest BCUT2D eigenvalue weighted by molar-refractivity contribution is 5.99. The maximum absolute atomic E-state index is 11.6. The first-order chi connectivity index (χ1) is 12.5. The van der Waals surface area contributed by atoms with Crippen LogP contribution in [0.1, 0.15) is 16.1 Å². The Morgan fingerprint density at radius 1 is 1.12 bits per heavy atom. The third kappa shape index (κ3) is 2.31. The number of aromatic hydroxyl groups is 2. The van der Waals surface area contributed by atoms with Gasteiger partial charge in [0.25, 0.3) is 0 Å². The molecule has 0 fully saturated rings. The number of hydrogen-bond donors (Lipinski definition) is 3. The van der Waals surface area contributed by atoms with Crippen molar-refractivity contribution in [2.24, 2.45) is 0 Å². The highest BCUT2D eigenvalue weighted by Crippen LogP contribution is 2.44. The molecule has 0 amide bonds. The Balaban J connectivity index is 1.96. The zero-order valence-corrected chi connectivity index (χ0v) is 13.5. The summed E-state index contributed by atoms with van der Waals surface area (Å²) in [4.78, 5) is 11.6. The number of phenols is 2. The Labute approximate surface area is 146 Å². The number of ether oxygens (including phenoxy) is 2. The van der Waals surface area contributed by atoms with Gasteiger partial charge < -0.3 is 29.3 Å². The smallest absolute Gasteiger partial charge is 0.358 e. The van der Waals surface area contributed by atoms with Crippen LogP contribution in [-0.2, 0) is 0 Å². The number of carboxylic acids is 1. The van der Waals surface area contributed by atoms with Crippen LogP contribution in [0.25, 0.3) is 22.5 Å². The van der Waals surface area contributed by atoms with Crippen molar-refractivity contribution in [3.63, 3.8) is 0 Å². The molecule has 3 N–H and O–H groups in total. The minimum atomic E-state index is -1.28. The Kier molecular flexibility index (Phi) is 3.47. The molecule has 4 rings (SSSR count). The Bertz CT molecular complexity index is 1040. The topological polar surface area (TPSA) is 122 Å². The number of rotatable bonds is 3. The van der Waals surface area contributed by atoms with Crippen molar-refractivity contribution in [1.29, 1.82) is 0 Å². The molecule has 0 saturated heterocycles. The molecule has 2 aromatic carbocycles. The second-order valence-corrected chi connectivity index (χ2v) is 5.71. The van der Waals surface area contributed by atoms with Crippen LogP contribution < -0.4 is 9.47 Å². The van der Waals surface area contributed by atoms with Gasteiger partial charge in [0.1, 0.15) is 11.5 Å². The second kappa shape index (κ2) is 5.69. The first kappa shape index (κ1) is 15.8. The number of aromatic nitrogens is 1. The first-order valence-electron chi connectivity index (χ1n) is 7.62. The number of carboxylic acid groups (broad SMARTS) is 1. The lowest BCUT2D eigenvalue weighted by molar-refractivity contribution is 0.0686.